The van der Waals surface area contributed by atoms with E-state index in [1.54, 1.807) is 34.1 Å². The maximum absolute atomic E-state index is 12.4. The van der Waals surface area contributed by atoms with Gasteiger partial charge in [-0.25, -0.2) is 0 Å². The number of hydrogen-bond acceptors (Lipinski definition) is 5. The number of ketones is 1. The third-order valence-electron chi connectivity index (χ3n) is 4.61. The van der Waals surface area contributed by atoms with Crippen LogP contribution < -0.4 is 5.32 Å². The molecule has 1 aromatic heterocycles. The Kier molecular flexibility index (Phi) is 5.90. The smallest absolute Gasteiger partial charge is 0.289 e. The molecule has 142 valence electrons. The number of hydrogen-bond donors (Lipinski definition) is 1. The summed E-state index contributed by atoms with van der Waals surface area (Å²) in [5.74, 6) is 0.284. The zero-order chi connectivity index (χ0) is 19.2. The lowest BCUT2D eigenvalue weighted by Crippen LogP contribution is -2.50. The van der Waals surface area contributed by atoms with Crippen LogP contribution >= 0.6 is 0 Å². The van der Waals surface area contributed by atoms with Gasteiger partial charge in [-0.05, 0) is 43.3 Å². The van der Waals surface area contributed by atoms with Crippen LogP contribution in [0, 0.1) is 0 Å². The second-order valence-electron chi connectivity index (χ2n) is 6.46. The third-order valence-corrected chi connectivity index (χ3v) is 4.61. The highest BCUT2D eigenvalue weighted by Crippen LogP contribution is 2.12. The van der Waals surface area contributed by atoms with Gasteiger partial charge in [0.05, 0.1) is 6.26 Å². The Morgan fingerprint density at radius 3 is 2.26 bits per heavy atom. The summed E-state index contributed by atoms with van der Waals surface area (Å²) < 4.78 is 5.14. The second-order valence-corrected chi connectivity index (χ2v) is 6.46. The molecule has 1 saturated heterocycles. The maximum atomic E-state index is 12.4. The van der Waals surface area contributed by atoms with Crippen molar-refractivity contribution in [3.8, 4) is 0 Å². The fraction of sp³-hybridized carbons (Fsp3) is 0.350. The highest BCUT2D eigenvalue weighted by molar-refractivity contribution is 5.94. The fourth-order valence-corrected chi connectivity index (χ4v) is 3.01. The Balaban J connectivity index is 1.40. The number of piperazine rings is 1. The third kappa shape index (κ3) is 4.75. The highest BCUT2D eigenvalue weighted by Gasteiger charge is 2.25. The van der Waals surface area contributed by atoms with Crippen LogP contribution in [0.3, 0.4) is 0 Å². The summed E-state index contributed by atoms with van der Waals surface area (Å²) in [7, 11) is 0. The lowest BCUT2D eigenvalue weighted by Gasteiger charge is -2.34. The van der Waals surface area contributed by atoms with E-state index in [-0.39, 0.29) is 17.6 Å². The van der Waals surface area contributed by atoms with Crippen LogP contribution in [-0.2, 0) is 4.79 Å². The summed E-state index contributed by atoms with van der Waals surface area (Å²) in [6.07, 6.45) is 1.86. The van der Waals surface area contributed by atoms with Gasteiger partial charge in [-0.2, -0.15) is 0 Å². The summed E-state index contributed by atoms with van der Waals surface area (Å²) in [5, 5.41) is 3.19. The van der Waals surface area contributed by atoms with E-state index >= 15 is 0 Å². The normalized spacial score (nSPS) is 14.1. The van der Waals surface area contributed by atoms with Gasteiger partial charge in [0.25, 0.3) is 5.91 Å². The average molecular weight is 369 g/mol. The van der Waals surface area contributed by atoms with Crippen LogP contribution in [0.15, 0.2) is 47.1 Å². The van der Waals surface area contributed by atoms with E-state index in [2.05, 4.69) is 5.32 Å². The van der Waals surface area contributed by atoms with Gasteiger partial charge in [0, 0.05) is 50.4 Å². The zero-order valence-corrected chi connectivity index (χ0v) is 15.3. The molecule has 0 radical (unpaired) electrons. The summed E-state index contributed by atoms with van der Waals surface area (Å²) in [6.45, 7) is 4.11. The van der Waals surface area contributed by atoms with Crippen molar-refractivity contribution >= 4 is 23.3 Å². The predicted octanol–water partition coefficient (Wildman–Crippen LogP) is 2.27. The van der Waals surface area contributed by atoms with Crippen molar-refractivity contribution in [2.24, 2.45) is 0 Å². The van der Waals surface area contributed by atoms with Gasteiger partial charge in [-0.3, -0.25) is 14.4 Å². The predicted molar refractivity (Wildman–Crippen MR) is 101 cm³/mol. The molecule has 1 aliphatic rings. The van der Waals surface area contributed by atoms with E-state index in [4.69, 9.17) is 4.42 Å². The molecule has 2 aromatic rings. The Morgan fingerprint density at radius 2 is 1.67 bits per heavy atom. The van der Waals surface area contributed by atoms with E-state index in [9.17, 15) is 14.4 Å². The van der Waals surface area contributed by atoms with Crippen molar-refractivity contribution in [3.05, 3.63) is 54.0 Å². The van der Waals surface area contributed by atoms with E-state index in [0.717, 1.165) is 5.69 Å². The lowest BCUT2D eigenvalue weighted by molar-refractivity contribution is -0.132. The maximum Gasteiger partial charge on any atom is 0.289 e. The fourth-order valence-electron chi connectivity index (χ4n) is 3.01. The first kappa shape index (κ1) is 18.7. The second kappa shape index (κ2) is 8.53. The molecule has 3 rings (SSSR count). The van der Waals surface area contributed by atoms with E-state index in [1.165, 1.54) is 13.2 Å². The first-order chi connectivity index (χ1) is 13.0. The molecule has 0 aliphatic carbocycles. The average Bonchev–Trinajstić information content (AvgIpc) is 3.22. The Morgan fingerprint density at radius 1 is 1.00 bits per heavy atom. The largest absolute Gasteiger partial charge is 0.459 e. The Hall–Kier alpha value is -3.09. The zero-order valence-electron chi connectivity index (χ0n) is 15.3. The SMILES string of the molecule is CC(=O)c1ccc(NCCC(=O)N2CCN(C(=O)c3ccco3)CC2)cc1. The molecule has 0 bridgehead atoms. The van der Waals surface area contributed by atoms with Crippen LogP contribution in [0.5, 0.6) is 0 Å². The van der Waals surface area contributed by atoms with Gasteiger partial charge in [-0.15, -0.1) is 0 Å². The van der Waals surface area contributed by atoms with Gasteiger partial charge in [0.15, 0.2) is 11.5 Å². The standard InChI is InChI=1S/C20H23N3O4/c1-15(24)16-4-6-17(7-5-16)21-9-8-19(25)22-10-12-23(13-11-22)20(26)18-3-2-14-27-18/h2-7,14,21H,8-13H2,1H3. The van der Waals surface area contributed by atoms with E-state index in [0.29, 0.717) is 50.5 Å². The van der Waals surface area contributed by atoms with Gasteiger partial charge in [0.2, 0.25) is 5.91 Å². The summed E-state index contributed by atoms with van der Waals surface area (Å²) in [4.78, 5) is 39.3. The molecular formula is C20H23N3O4. The molecule has 7 nitrogen and oxygen atoms in total. The van der Waals surface area contributed by atoms with Crippen molar-refractivity contribution in [2.45, 2.75) is 13.3 Å². The molecule has 1 N–H and O–H groups in total. The van der Waals surface area contributed by atoms with Crippen LogP contribution in [0.2, 0.25) is 0 Å². The van der Waals surface area contributed by atoms with E-state index < -0.39 is 0 Å². The summed E-state index contributed by atoms with van der Waals surface area (Å²) in [5.41, 5.74) is 1.54. The molecule has 27 heavy (non-hydrogen) atoms. The number of nitrogens with zero attached hydrogens (tertiary/aromatic N) is 2. The van der Waals surface area contributed by atoms with Crippen LogP contribution in [0.1, 0.15) is 34.3 Å². The number of anilines is 1. The van der Waals surface area contributed by atoms with Crippen molar-refractivity contribution in [2.75, 3.05) is 38.0 Å². The van der Waals surface area contributed by atoms with Gasteiger partial charge < -0.3 is 19.5 Å². The van der Waals surface area contributed by atoms with Crippen molar-refractivity contribution in [3.63, 3.8) is 0 Å². The number of rotatable bonds is 6. The van der Waals surface area contributed by atoms with Gasteiger partial charge >= 0.3 is 0 Å². The minimum atomic E-state index is -0.136. The number of carbonyl (C=O) groups excluding carboxylic acids is 3. The molecule has 0 spiro atoms. The number of benzene rings is 1. The van der Waals surface area contributed by atoms with E-state index in [1.807, 2.05) is 12.1 Å². The molecule has 1 aromatic carbocycles. The summed E-state index contributed by atoms with van der Waals surface area (Å²) in [6, 6.07) is 10.5. The first-order valence-electron chi connectivity index (χ1n) is 9.00. The highest BCUT2D eigenvalue weighted by atomic mass is 16.3. The van der Waals surface area contributed by atoms with Crippen molar-refractivity contribution in [1.29, 1.82) is 0 Å². The molecule has 0 atom stereocenters. The Labute approximate surface area is 157 Å². The van der Waals surface area contributed by atoms with Crippen LogP contribution in [0.25, 0.3) is 0 Å². The molecule has 1 aliphatic heterocycles. The first-order valence-corrected chi connectivity index (χ1v) is 9.00. The number of carbonyl (C=O) groups is 3. The number of Topliss-reactive ketones (excluding diaryl/α,β-unsaturated/α-hetero) is 1. The number of amides is 2. The van der Waals surface area contributed by atoms with Crippen molar-refractivity contribution < 1.29 is 18.8 Å². The molecule has 0 saturated carbocycles. The molecule has 0 unspecified atom stereocenters. The number of furan rings is 1. The minimum absolute atomic E-state index is 0.0291. The van der Waals surface area contributed by atoms with Gasteiger partial charge in [0.1, 0.15) is 0 Å². The topological polar surface area (TPSA) is 82.9 Å². The van der Waals surface area contributed by atoms with Gasteiger partial charge in [-0.1, -0.05) is 0 Å². The quantitative estimate of drug-likeness (QED) is 0.790. The molecule has 2 amide bonds. The minimum Gasteiger partial charge on any atom is -0.459 e. The Bertz CT molecular complexity index is 791. The molecule has 1 fully saturated rings. The molecular weight excluding hydrogens is 346 g/mol. The van der Waals surface area contributed by atoms with Crippen LogP contribution in [-0.4, -0.2) is 60.1 Å². The van der Waals surface area contributed by atoms with Crippen molar-refractivity contribution in [1.82, 2.24) is 9.80 Å². The lowest BCUT2D eigenvalue weighted by atomic mass is 10.1. The van der Waals surface area contributed by atoms with Crippen LogP contribution in [0.4, 0.5) is 5.69 Å². The summed E-state index contributed by atoms with van der Waals surface area (Å²) >= 11 is 0. The molecule has 7 heteroatoms. The number of nitrogens with one attached hydrogen (secondary N) is 1. The monoisotopic (exact) mass is 369 g/mol. The molecule has 2 heterocycles.